The molecule has 0 rings (SSSR count). The van der Waals surface area contributed by atoms with E-state index in [1.165, 1.54) is 7.11 Å². The van der Waals surface area contributed by atoms with Gasteiger partial charge in [-0.2, -0.15) is 13.2 Å². The molecule has 0 heterocycles. The lowest BCUT2D eigenvalue weighted by Crippen LogP contribution is -2.33. The van der Waals surface area contributed by atoms with E-state index >= 15 is 0 Å². The maximum atomic E-state index is 12.1. The first-order chi connectivity index (χ1) is 6.41. The number of hydrogen-bond acceptors (Lipinski definition) is 4. The van der Waals surface area contributed by atoms with Crippen LogP contribution in [-0.4, -0.2) is 36.8 Å². The predicted molar refractivity (Wildman–Crippen MR) is 48.0 cm³/mol. The van der Waals surface area contributed by atoms with E-state index in [4.69, 9.17) is 5.73 Å². The Hall–Kier alpha value is -0.430. The van der Waals surface area contributed by atoms with Crippen LogP contribution in [0.5, 0.6) is 0 Å². The quantitative estimate of drug-likeness (QED) is 0.722. The average Bonchev–Trinajstić information content (AvgIpc) is 2.09. The number of ether oxygens (including phenoxy) is 1. The third kappa shape index (κ3) is 5.33. The number of rotatable bonds is 5. The molecule has 0 amide bonds. The van der Waals surface area contributed by atoms with Gasteiger partial charge in [0, 0.05) is 12.3 Å². The normalized spacial score (nSPS) is 13.8. The maximum absolute atomic E-state index is 12.1. The van der Waals surface area contributed by atoms with Crippen molar-refractivity contribution in [3.8, 4) is 0 Å². The van der Waals surface area contributed by atoms with E-state index in [0.717, 1.165) is 0 Å². The van der Waals surface area contributed by atoms with Crippen LogP contribution in [0.1, 0.15) is 6.42 Å². The lowest BCUT2D eigenvalue weighted by atomic mass is 10.4. The van der Waals surface area contributed by atoms with E-state index in [1.807, 2.05) is 0 Å². The van der Waals surface area contributed by atoms with Gasteiger partial charge in [-0.3, -0.25) is 4.79 Å². The zero-order valence-corrected chi connectivity index (χ0v) is 8.45. The Bertz CT molecular complexity index is 186. The Labute approximate surface area is 84.2 Å². The van der Waals surface area contributed by atoms with Gasteiger partial charge >= 0.3 is 12.1 Å². The van der Waals surface area contributed by atoms with Gasteiger partial charge < -0.3 is 10.5 Å². The molecule has 0 saturated carbocycles. The molecule has 7 heteroatoms. The molecule has 0 aromatic heterocycles. The number of methoxy groups -OCH3 is 1. The molecule has 3 nitrogen and oxygen atoms in total. The Balaban J connectivity index is 3.80. The van der Waals surface area contributed by atoms with Gasteiger partial charge in [-0.25, -0.2) is 0 Å². The molecule has 1 atom stereocenters. The molecule has 0 fully saturated rings. The van der Waals surface area contributed by atoms with Crippen molar-refractivity contribution in [1.29, 1.82) is 0 Å². The summed E-state index contributed by atoms with van der Waals surface area (Å²) in [6, 6.07) is 0. The standard InChI is InChI=1S/C7H12F3NO2S/c1-13-6(12)2-3-14-5(4-11)7(8,9)10/h5H,2-4,11H2,1H3. The van der Waals surface area contributed by atoms with Gasteiger partial charge in [-0.1, -0.05) is 0 Å². The third-order valence-electron chi connectivity index (χ3n) is 1.43. The van der Waals surface area contributed by atoms with Crippen LogP contribution >= 0.6 is 11.8 Å². The fraction of sp³-hybridized carbons (Fsp3) is 0.857. The maximum Gasteiger partial charge on any atom is 0.401 e. The van der Waals surface area contributed by atoms with Gasteiger partial charge in [0.2, 0.25) is 0 Å². The zero-order valence-electron chi connectivity index (χ0n) is 7.63. The summed E-state index contributed by atoms with van der Waals surface area (Å²) in [4.78, 5) is 10.6. The molecular formula is C7H12F3NO2S. The number of hydrogen-bond donors (Lipinski definition) is 1. The van der Waals surface area contributed by atoms with Crippen molar-refractivity contribution >= 4 is 17.7 Å². The number of alkyl halides is 3. The highest BCUT2D eigenvalue weighted by Gasteiger charge is 2.38. The highest BCUT2D eigenvalue weighted by Crippen LogP contribution is 2.29. The molecule has 0 radical (unpaired) electrons. The fourth-order valence-electron chi connectivity index (χ4n) is 0.683. The minimum Gasteiger partial charge on any atom is -0.469 e. The summed E-state index contributed by atoms with van der Waals surface area (Å²) in [5, 5.41) is -1.60. The van der Waals surface area contributed by atoms with Crippen LogP contribution in [0.4, 0.5) is 13.2 Å². The van der Waals surface area contributed by atoms with Crippen LogP contribution in [0.15, 0.2) is 0 Å². The first kappa shape index (κ1) is 13.6. The Kier molecular flexibility index (Phi) is 5.94. The van der Waals surface area contributed by atoms with E-state index < -0.39 is 23.9 Å². The van der Waals surface area contributed by atoms with Crippen LogP contribution in [0.3, 0.4) is 0 Å². The molecule has 0 spiro atoms. The molecule has 2 N–H and O–H groups in total. The van der Waals surface area contributed by atoms with E-state index in [9.17, 15) is 18.0 Å². The average molecular weight is 231 g/mol. The van der Waals surface area contributed by atoms with Gasteiger partial charge in [-0.15, -0.1) is 11.8 Å². The number of halogens is 3. The summed E-state index contributed by atoms with van der Waals surface area (Å²) < 4.78 is 40.6. The third-order valence-corrected chi connectivity index (χ3v) is 2.73. The Morgan fingerprint density at radius 2 is 2.14 bits per heavy atom. The van der Waals surface area contributed by atoms with Crippen LogP contribution in [0.2, 0.25) is 0 Å². The molecule has 14 heavy (non-hydrogen) atoms. The first-order valence-corrected chi connectivity index (χ1v) is 4.92. The monoisotopic (exact) mass is 231 g/mol. The minimum atomic E-state index is -4.31. The smallest absolute Gasteiger partial charge is 0.401 e. The van der Waals surface area contributed by atoms with Crippen molar-refractivity contribution in [2.24, 2.45) is 5.73 Å². The SMILES string of the molecule is COC(=O)CCSC(CN)C(F)(F)F. The number of carbonyl (C=O) groups is 1. The predicted octanol–water partition coefficient (Wildman–Crippen LogP) is 1.17. The number of thioether (sulfide) groups is 1. The molecule has 0 saturated heterocycles. The molecular weight excluding hydrogens is 219 g/mol. The summed E-state index contributed by atoms with van der Waals surface area (Å²) in [5.41, 5.74) is 4.95. The second-order valence-electron chi connectivity index (χ2n) is 2.46. The Morgan fingerprint density at radius 3 is 2.50 bits per heavy atom. The molecule has 84 valence electrons. The summed E-state index contributed by atoms with van der Waals surface area (Å²) in [5.74, 6) is -0.455. The minimum absolute atomic E-state index is 0.0340. The van der Waals surface area contributed by atoms with Gasteiger partial charge in [0.25, 0.3) is 0 Å². The van der Waals surface area contributed by atoms with E-state index in [0.29, 0.717) is 11.8 Å². The number of esters is 1. The van der Waals surface area contributed by atoms with Crippen molar-refractivity contribution in [2.75, 3.05) is 19.4 Å². The highest BCUT2D eigenvalue weighted by atomic mass is 32.2. The van der Waals surface area contributed by atoms with Crippen LogP contribution in [-0.2, 0) is 9.53 Å². The van der Waals surface area contributed by atoms with E-state index in [-0.39, 0.29) is 12.2 Å². The summed E-state index contributed by atoms with van der Waals surface area (Å²) >= 11 is 0.621. The topological polar surface area (TPSA) is 52.3 Å². The van der Waals surface area contributed by atoms with E-state index in [1.54, 1.807) is 0 Å². The van der Waals surface area contributed by atoms with Crippen molar-refractivity contribution in [2.45, 2.75) is 17.8 Å². The first-order valence-electron chi connectivity index (χ1n) is 3.87. The van der Waals surface area contributed by atoms with Crippen molar-refractivity contribution in [3.63, 3.8) is 0 Å². The van der Waals surface area contributed by atoms with Gasteiger partial charge in [-0.05, 0) is 0 Å². The van der Waals surface area contributed by atoms with E-state index in [2.05, 4.69) is 4.74 Å². The summed E-state index contributed by atoms with van der Waals surface area (Å²) in [6.45, 7) is -0.477. The van der Waals surface area contributed by atoms with Gasteiger partial charge in [0.1, 0.15) is 5.25 Å². The van der Waals surface area contributed by atoms with Crippen LogP contribution < -0.4 is 5.73 Å². The molecule has 0 aliphatic heterocycles. The van der Waals surface area contributed by atoms with Gasteiger partial charge in [0.05, 0.1) is 13.5 Å². The summed E-state index contributed by atoms with van der Waals surface area (Å²) in [6.07, 6.45) is -4.34. The number of nitrogens with two attached hydrogens (primary N) is 1. The van der Waals surface area contributed by atoms with Gasteiger partial charge in [0.15, 0.2) is 0 Å². The second kappa shape index (κ2) is 6.13. The molecule has 0 aromatic carbocycles. The molecule has 0 bridgehead atoms. The zero-order chi connectivity index (χ0) is 11.2. The second-order valence-corrected chi connectivity index (χ2v) is 3.77. The Morgan fingerprint density at radius 1 is 1.57 bits per heavy atom. The largest absolute Gasteiger partial charge is 0.469 e. The van der Waals surface area contributed by atoms with Crippen LogP contribution in [0.25, 0.3) is 0 Å². The lowest BCUT2D eigenvalue weighted by molar-refractivity contribution is -0.140. The molecule has 0 aliphatic rings. The summed E-state index contributed by atoms with van der Waals surface area (Å²) in [7, 11) is 1.19. The fourth-order valence-corrected chi connectivity index (χ4v) is 1.58. The number of carbonyl (C=O) groups excluding carboxylic acids is 1. The highest BCUT2D eigenvalue weighted by molar-refractivity contribution is 8.00. The van der Waals surface area contributed by atoms with Crippen molar-refractivity contribution < 1.29 is 22.7 Å². The molecule has 0 aliphatic carbocycles. The molecule has 1 unspecified atom stereocenters. The van der Waals surface area contributed by atoms with Crippen molar-refractivity contribution in [3.05, 3.63) is 0 Å². The van der Waals surface area contributed by atoms with Crippen LogP contribution in [0, 0.1) is 0 Å². The molecule has 0 aromatic rings. The van der Waals surface area contributed by atoms with Crippen molar-refractivity contribution in [1.82, 2.24) is 0 Å². The lowest BCUT2D eigenvalue weighted by Gasteiger charge is -2.17.